The molecule has 0 spiro atoms. The number of amides is 1. The first kappa shape index (κ1) is 17.2. The van der Waals surface area contributed by atoms with Crippen LogP contribution in [0, 0.1) is 11.6 Å². The van der Waals surface area contributed by atoms with Gasteiger partial charge in [-0.15, -0.1) is 11.3 Å². The lowest BCUT2D eigenvalue weighted by Crippen LogP contribution is -2.13. The molecule has 0 radical (unpaired) electrons. The van der Waals surface area contributed by atoms with Crippen LogP contribution in [-0.2, 0) is 6.42 Å². The Kier molecular flexibility index (Phi) is 4.50. The van der Waals surface area contributed by atoms with E-state index in [1.165, 1.54) is 17.4 Å². The maximum absolute atomic E-state index is 13.8. The highest BCUT2D eigenvalue weighted by atomic mass is 79.9. The highest BCUT2D eigenvalue weighted by molar-refractivity contribution is 9.10. The summed E-state index contributed by atoms with van der Waals surface area (Å²) < 4.78 is 34.2. The smallest absolute Gasteiger partial charge is 0.265 e. The number of benzene rings is 2. The number of anilines is 1. The van der Waals surface area contributed by atoms with Crippen molar-refractivity contribution < 1.29 is 18.3 Å². The Morgan fingerprint density at radius 3 is 2.69 bits per heavy atom. The average Bonchev–Trinajstić information content (AvgIpc) is 2.96. The monoisotopic (exact) mass is 435 g/mol. The molecule has 0 fully saturated rings. The first-order valence-corrected chi connectivity index (χ1v) is 9.44. The predicted octanol–water partition coefficient (Wildman–Crippen LogP) is 5.64. The summed E-state index contributed by atoms with van der Waals surface area (Å²) in [5.74, 6) is -1.40. The number of halogens is 3. The zero-order valence-electron chi connectivity index (χ0n) is 13.3. The Morgan fingerprint density at radius 2 is 1.92 bits per heavy atom. The lowest BCUT2D eigenvalue weighted by Gasteiger charge is -2.08. The van der Waals surface area contributed by atoms with Crippen molar-refractivity contribution in [2.75, 3.05) is 11.9 Å². The second-order valence-electron chi connectivity index (χ2n) is 5.75. The zero-order chi connectivity index (χ0) is 18.3. The van der Waals surface area contributed by atoms with E-state index in [0.29, 0.717) is 17.9 Å². The summed E-state index contributed by atoms with van der Waals surface area (Å²) in [6.45, 7) is 0.501. The summed E-state index contributed by atoms with van der Waals surface area (Å²) in [5.41, 5.74) is 1.44. The molecule has 7 heteroatoms. The fourth-order valence-corrected chi connectivity index (χ4v) is 4.31. The highest BCUT2D eigenvalue weighted by Gasteiger charge is 2.22. The number of para-hydroxylation sites is 1. The summed E-state index contributed by atoms with van der Waals surface area (Å²) in [6.07, 6.45) is 0.652. The van der Waals surface area contributed by atoms with E-state index < -0.39 is 23.2 Å². The average molecular weight is 436 g/mol. The molecule has 26 heavy (non-hydrogen) atoms. The lowest BCUT2D eigenvalue weighted by atomic mass is 10.1. The number of carbonyl (C=O) groups excluding carboxylic acids is 1. The second-order valence-corrected chi connectivity index (χ2v) is 7.72. The molecule has 1 aromatic heterocycles. The second kappa shape index (κ2) is 6.81. The van der Waals surface area contributed by atoms with Crippen LogP contribution in [0.2, 0.25) is 0 Å². The molecule has 0 atom stereocenters. The lowest BCUT2D eigenvalue weighted by molar-refractivity contribution is 0.102. The quantitative estimate of drug-likeness (QED) is 0.565. The first-order valence-electron chi connectivity index (χ1n) is 7.84. The van der Waals surface area contributed by atoms with Gasteiger partial charge in [0, 0.05) is 21.3 Å². The molecule has 0 bridgehead atoms. The van der Waals surface area contributed by atoms with Crippen molar-refractivity contribution in [3.63, 3.8) is 0 Å². The Morgan fingerprint density at radius 1 is 1.15 bits per heavy atom. The van der Waals surface area contributed by atoms with E-state index in [2.05, 4.69) is 21.2 Å². The van der Waals surface area contributed by atoms with Gasteiger partial charge in [-0.3, -0.25) is 4.79 Å². The van der Waals surface area contributed by atoms with Crippen molar-refractivity contribution >= 4 is 38.9 Å². The van der Waals surface area contributed by atoms with Crippen LogP contribution in [0.15, 0.2) is 46.9 Å². The number of fused-ring (bicyclic) bond motifs is 3. The molecule has 2 aromatic carbocycles. The number of ether oxygens (including phenoxy) is 1. The number of nitrogens with one attached hydrogen (secondary N) is 1. The van der Waals surface area contributed by atoms with Gasteiger partial charge in [-0.1, -0.05) is 22.0 Å². The van der Waals surface area contributed by atoms with Gasteiger partial charge in [0.15, 0.2) is 0 Å². The van der Waals surface area contributed by atoms with Gasteiger partial charge in [0.05, 0.1) is 11.5 Å². The molecule has 1 amide bonds. The van der Waals surface area contributed by atoms with Crippen LogP contribution in [0.25, 0.3) is 10.4 Å². The molecule has 1 N–H and O–H groups in total. The van der Waals surface area contributed by atoms with E-state index in [4.69, 9.17) is 4.74 Å². The predicted molar refractivity (Wildman–Crippen MR) is 101 cm³/mol. The van der Waals surface area contributed by atoms with Crippen LogP contribution in [0.4, 0.5) is 14.5 Å². The summed E-state index contributed by atoms with van der Waals surface area (Å²) in [6, 6.07) is 10.9. The van der Waals surface area contributed by atoms with Crippen molar-refractivity contribution in [1.82, 2.24) is 0 Å². The minimum Gasteiger partial charge on any atom is -0.493 e. The maximum Gasteiger partial charge on any atom is 0.265 e. The molecule has 0 unspecified atom stereocenters. The molecule has 3 nitrogen and oxygen atoms in total. The molecule has 132 valence electrons. The summed E-state index contributed by atoms with van der Waals surface area (Å²) in [5, 5.41) is 2.34. The van der Waals surface area contributed by atoms with Gasteiger partial charge in [-0.25, -0.2) is 8.78 Å². The molecule has 0 saturated carbocycles. The first-order chi connectivity index (χ1) is 12.5. The van der Waals surface area contributed by atoms with Gasteiger partial charge in [0.2, 0.25) is 0 Å². The van der Waals surface area contributed by atoms with Crippen molar-refractivity contribution in [3.05, 3.63) is 69.0 Å². The van der Waals surface area contributed by atoms with Crippen LogP contribution in [0.5, 0.6) is 5.75 Å². The maximum atomic E-state index is 13.8. The SMILES string of the molecule is O=C(Nc1c(F)cccc1F)c1cc2c(s1)-c1cc(Br)ccc1OCC2. The van der Waals surface area contributed by atoms with Crippen molar-refractivity contribution in [2.45, 2.75) is 6.42 Å². The van der Waals surface area contributed by atoms with Gasteiger partial charge in [0.25, 0.3) is 5.91 Å². The minimum atomic E-state index is -0.806. The Labute approximate surface area is 160 Å². The molecule has 2 heterocycles. The topological polar surface area (TPSA) is 38.3 Å². The molecule has 0 saturated heterocycles. The number of hydrogen-bond acceptors (Lipinski definition) is 3. The van der Waals surface area contributed by atoms with Crippen LogP contribution in [0.3, 0.4) is 0 Å². The molecule has 1 aliphatic rings. The van der Waals surface area contributed by atoms with E-state index >= 15 is 0 Å². The van der Waals surface area contributed by atoms with E-state index in [0.717, 1.165) is 38.4 Å². The van der Waals surface area contributed by atoms with E-state index in [9.17, 15) is 13.6 Å². The third-order valence-corrected chi connectivity index (χ3v) is 5.75. The largest absolute Gasteiger partial charge is 0.493 e. The fraction of sp³-hybridized carbons (Fsp3) is 0.105. The van der Waals surface area contributed by atoms with Crippen molar-refractivity contribution in [2.24, 2.45) is 0 Å². The normalized spacial score (nSPS) is 12.6. The Hall–Kier alpha value is -2.25. The van der Waals surface area contributed by atoms with Crippen LogP contribution in [-0.4, -0.2) is 12.5 Å². The molecule has 3 aromatic rings. The summed E-state index contributed by atoms with van der Waals surface area (Å²) in [4.78, 5) is 13.8. The third kappa shape index (κ3) is 3.12. The van der Waals surface area contributed by atoms with Gasteiger partial charge >= 0.3 is 0 Å². The van der Waals surface area contributed by atoms with Gasteiger partial charge < -0.3 is 10.1 Å². The third-order valence-electron chi connectivity index (χ3n) is 4.05. The number of rotatable bonds is 2. The van der Waals surface area contributed by atoms with Gasteiger partial charge in [0.1, 0.15) is 23.1 Å². The van der Waals surface area contributed by atoms with E-state index in [-0.39, 0.29) is 0 Å². The molecule has 1 aliphatic heterocycles. The number of hydrogen-bond donors (Lipinski definition) is 1. The molecular formula is C19H12BrF2NO2S. The van der Waals surface area contributed by atoms with Crippen LogP contribution in [0.1, 0.15) is 15.2 Å². The molecular weight excluding hydrogens is 424 g/mol. The zero-order valence-corrected chi connectivity index (χ0v) is 15.7. The Balaban J connectivity index is 1.71. The number of thiophene rings is 1. The van der Waals surface area contributed by atoms with Gasteiger partial charge in [-0.05, 0) is 42.0 Å². The molecule has 0 aliphatic carbocycles. The van der Waals surface area contributed by atoms with Crippen LogP contribution >= 0.6 is 27.3 Å². The minimum absolute atomic E-state index is 0.394. The summed E-state index contributed by atoms with van der Waals surface area (Å²) >= 11 is 4.73. The number of carbonyl (C=O) groups is 1. The molecule has 4 rings (SSSR count). The standard InChI is InChI=1S/C19H12BrF2NO2S/c20-11-4-5-15-12(9-11)18-10(6-7-25-15)8-16(26-18)19(24)23-17-13(21)2-1-3-14(17)22/h1-5,8-9H,6-7H2,(H,23,24). The van der Waals surface area contributed by atoms with Gasteiger partial charge in [-0.2, -0.15) is 0 Å². The van der Waals surface area contributed by atoms with Crippen molar-refractivity contribution in [3.8, 4) is 16.2 Å². The van der Waals surface area contributed by atoms with Crippen LogP contribution < -0.4 is 10.1 Å². The van der Waals surface area contributed by atoms with E-state index in [1.807, 2.05) is 18.2 Å². The Bertz CT molecular complexity index is 999. The highest BCUT2D eigenvalue weighted by Crippen LogP contribution is 2.42. The van der Waals surface area contributed by atoms with E-state index in [1.54, 1.807) is 6.07 Å². The fourth-order valence-electron chi connectivity index (χ4n) is 2.82. The summed E-state index contributed by atoms with van der Waals surface area (Å²) in [7, 11) is 0. The van der Waals surface area contributed by atoms with Crippen molar-refractivity contribution in [1.29, 1.82) is 0 Å².